The number of nitrogens with zero attached hydrogens (tertiary/aromatic N) is 1. The first-order valence-corrected chi connectivity index (χ1v) is 9.53. The largest absolute Gasteiger partial charge is 0.490 e. The number of aryl methyl sites for hydroxylation is 2. The van der Waals surface area contributed by atoms with E-state index < -0.39 is 0 Å². The summed E-state index contributed by atoms with van der Waals surface area (Å²) in [6, 6.07) is 11.5. The molecule has 3 heteroatoms. The summed E-state index contributed by atoms with van der Waals surface area (Å²) in [4.78, 5) is 11.6. The summed E-state index contributed by atoms with van der Waals surface area (Å²) in [5.41, 5.74) is 2.99. The van der Waals surface area contributed by atoms with Crippen molar-refractivity contribution in [2.75, 3.05) is 0 Å². The third-order valence-electron chi connectivity index (χ3n) is 4.56. The van der Waals surface area contributed by atoms with Gasteiger partial charge in [0.05, 0.1) is 6.10 Å². The summed E-state index contributed by atoms with van der Waals surface area (Å²) < 4.78 is 8.21. The molecule has 0 fully saturated rings. The smallest absolute Gasteiger partial charge is 0.182 e. The van der Waals surface area contributed by atoms with Crippen LogP contribution in [-0.4, -0.2) is 10.7 Å². The quantitative estimate of drug-likeness (QED) is 0.611. The molecule has 2 aromatic rings. The highest BCUT2D eigenvalue weighted by Gasteiger charge is 2.09. The van der Waals surface area contributed by atoms with Gasteiger partial charge in [0.25, 0.3) is 0 Å². The van der Waals surface area contributed by atoms with Crippen molar-refractivity contribution in [3.05, 3.63) is 63.6 Å². The van der Waals surface area contributed by atoms with Crippen LogP contribution in [-0.2, 0) is 0 Å². The van der Waals surface area contributed by atoms with Gasteiger partial charge >= 0.3 is 0 Å². The number of hydrogen-bond acceptors (Lipinski definition) is 2. The van der Waals surface area contributed by atoms with Crippen molar-refractivity contribution in [2.45, 2.75) is 60.0 Å². The highest BCUT2D eigenvalue weighted by Crippen LogP contribution is 2.20. The zero-order valence-electron chi connectivity index (χ0n) is 16.7. The first-order valence-electron chi connectivity index (χ1n) is 9.53. The van der Waals surface area contributed by atoms with E-state index in [1.807, 2.05) is 42.8 Å². The zero-order chi connectivity index (χ0) is 19.1. The molecular formula is C23H31NO2. The lowest BCUT2D eigenvalue weighted by molar-refractivity contribution is 0.178. The summed E-state index contributed by atoms with van der Waals surface area (Å²) >= 11 is 0. The molecule has 0 saturated heterocycles. The molecule has 0 bridgehead atoms. The van der Waals surface area contributed by atoms with Gasteiger partial charge in [0.1, 0.15) is 5.75 Å². The van der Waals surface area contributed by atoms with Crippen LogP contribution in [0.15, 0.2) is 41.2 Å². The van der Waals surface area contributed by atoms with E-state index in [1.54, 1.807) is 12.1 Å². The topological polar surface area (TPSA) is 31.2 Å². The molecule has 0 radical (unpaired) electrons. The van der Waals surface area contributed by atoms with E-state index in [9.17, 15) is 4.79 Å². The first-order chi connectivity index (χ1) is 12.4. The highest BCUT2D eigenvalue weighted by atomic mass is 16.5. The lowest BCUT2D eigenvalue weighted by atomic mass is 10.0. The van der Waals surface area contributed by atoms with Gasteiger partial charge < -0.3 is 9.30 Å². The van der Waals surface area contributed by atoms with E-state index in [1.165, 1.54) is 6.42 Å². The van der Waals surface area contributed by atoms with Crippen LogP contribution >= 0.6 is 0 Å². The zero-order valence-corrected chi connectivity index (χ0v) is 16.7. The van der Waals surface area contributed by atoms with E-state index in [-0.39, 0.29) is 11.5 Å². The summed E-state index contributed by atoms with van der Waals surface area (Å²) in [7, 11) is 0. The molecule has 0 spiro atoms. The van der Waals surface area contributed by atoms with Gasteiger partial charge in [0, 0.05) is 29.7 Å². The lowest BCUT2D eigenvalue weighted by Crippen LogP contribution is -2.16. The van der Waals surface area contributed by atoms with Gasteiger partial charge in [-0.3, -0.25) is 4.79 Å². The Morgan fingerprint density at radius 3 is 2.38 bits per heavy atom. The van der Waals surface area contributed by atoms with Gasteiger partial charge in [-0.25, -0.2) is 0 Å². The molecule has 1 unspecified atom stereocenters. The standard InChI is InChI=1S/C23H31NO2/c1-6-22(11-10-17(2)3)26-23-9-7-8-20(16-23)12-13-24-18(4)14-21(25)15-19(24)5/h7-9,12-17,22H,6,10-11H2,1-5H3/b13-12+. The van der Waals surface area contributed by atoms with Crippen LogP contribution in [0.1, 0.15) is 57.0 Å². The molecule has 1 aromatic carbocycles. The molecule has 0 aliphatic rings. The van der Waals surface area contributed by atoms with Crippen molar-refractivity contribution in [3.8, 4) is 5.75 Å². The van der Waals surface area contributed by atoms with E-state index in [4.69, 9.17) is 4.74 Å². The molecule has 0 saturated carbocycles. The Hall–Kier alpha value is -2.29. The van der Waals surface area contributed by atoms with Gasteiger partial charge in [0.15, 0.2) is 5.43 Å². The maximum atomic E-state index is 11.6. The second-order valence-electron chi connectivity index (χ2n) is 7.35. The summed E-state index contributed by atoms with van der Waals surface area (Å²) in [6.07, 6.45) is 7.60. The Kier molecular flexibility index (Phi) is 7.26. The van der Waals surface area contributed by atoms with E-state index in [0.29, 0.717) is 5.92 Å². The molecule has 3 nitrogen and oxygen atoms in total. The Balaban J connectivity index is 2.13. The first kappa shape index (κ1) is 20.0. The number of rotatable bonds is 8. The summed E-state index contributed by atoms with van der Waals surface area (Å²) in [5.74, 6) is 1.61. The van der Waals surface area contributed by atoms with Crippen LogP contribution in [0.25, 0.3) is 12.3 Å². The normalized spacial score (nSPS) is 12.7. The van der Waals surface area contributed by atoms with Gasteiger partial charge in [-0.15, -0.1) is 0 Å². The molecule has 0 aliphatic heterocycles. The maximum absolute atomic E-state index is 11.6. The van der Waals surface area contributed by atoms with Crippen LogP contribution in [0.3, 0.4) is 0 Å². The molecule has 1 aromatic heterocycles. The van der Waals surface area contributed by atoms with E-state index >= 15 is 0 Å². The number of aromatic nitrogens is 1. The minimum absolute atomic E-state index is 0.0482. The fraction of sp³-hybridized carbons (Fsp3) is 0.435. The third kappa shape index (κ3) is 5.91. The SMILES string of the molecule is CCC(CCC(C)C)Oc1cccc(/C=C/n2c(C)cc(=O)cc2C)c1. The molecule has 140 valence electrons. The molecule has 0 aliphatic carbocycles. The van der Waals surface area contributed by atoms with Crippen molar-refractivity contribution in [1.29, 1.82) is 0 Å². The van der Waals surface area contributed by atoms with Crippen LogP contribution in [0.2, 0.25) is 0 Å². The number of benzene rings is 1. The predicted octanol–water partition coefficient (Wildman–Crippen LogP) is 5.69. The summed E-state index contributed by atoms with van der Waals surface area (Å²) in [5, 5.41) is 0. The second-order valence-corrected chi connectivity index (χ2v) is 7.35. The monoisotopic (exact) mass is 353 g/mol. The third-order valence-corrected chi connectivity index (χ3v) is 4.56. The van der Waals surface area contributed by atoms with Crippen LogP contribution in [0, 0.1) is 19.8 Å². The average molecular weight is 354 g/mol. The molecular weight excluding hydrogens is 322 g/mol. The van der Waals surface area contributed by atoms with Crippen molar-refractivity contribution in [1.82, 2.24) is 4.57 Å². The van der Waals surface area contributed by atoms with Gasteiger partial charge in [-0.2, -0.15) is 0 Å². The number of hydrogen-bond donors (Lipinski definition) is 0. The van der Waals surface area contributed by atoms with E-state index in [2.05, 4.69) is 32.9 Å². The predicted molar refractivity (Wildman–Crippen MR) is 111 cm³/mol. The van der Waals surface area contributed by atoms with Crippen molar-refractivity contribution in [3.63, 3.8) is 0 Å². The van der Waals surface area contributed by atoms with E-state index in [0.717, 1.165) is 35.5 Å². The molecule has 0 amide bonds. The molecule has 1 heterocycles. The Morgan fingerprint density at radius 1 is 1.08 bits per heavy atom. The van der Waals surface area contributed by atoms with Gasteiger partial charge in [-0.05, 0) is 62.8 Å². The lowest BCUT2D eigenvalue weighted by Gasteiger charge is -2.19. The Morgan fingerprint density at radius 2 is 1.77 bits per heavy atom. The fourth-order valence-electron chi connectivity index (χ4n) is 3.02. The maximum Gasteiger partial charge on any atom is 0.182 e. The number of pyridine rings is 1. The average Bonchev–Trinajstić information content (AvgIpc) is 2.58. The number of ether oxygens (including phenoxy) is 1. The minimum atomic E-state index is 0.0482. The molecule has 0 N–H and O–H groups in total. The fourth-order valence-corrected chi connectivity index (χ4v) is 3.02. The van der Waals surface area contributed by atoms with Crippen molar-refractivity contribution < 1.29 is 4.74 Å². The molecule has 26 heavy (non-hydrogen) atoms. The second kappa shape index (κ2) is 9.42. The van der Waals surface area contributed by atoms with Crippen LogP contribution < -0.4 is 10.2 Å². The van der Waals surface area contributed by atoms with Gasteiger partial charge in [0.2, 0.25) is 0 Å². The van der Waals surface area contributed by atoms with Crippen LogP contribution in [0.5, 0.6) is 5.75 Å². The Bertz CT molecular complexity index is 776. The highest BCUT2D eigenvalue weighted by molar-refractivity contribution is 5.62. The Labute approximate surface area is 157 Å². The van der Waals surface area contributed by atoms with Crippen LogP contribution in [0.4, 0.5) is 0 Å². The van der Waals surface area contributed by atoms with Crippen molar-refractivity contribution >= 4 is 12.3 Å². The molecule has 2 rings (SSSR count). The molecule has 1 atom stereocenters. The van der Waals surface area contributed by atoms with Gasteiger partial charge in [-0.1, -0.05) is 32.9 Å². The minimum Gasteiger partial charge on any atom is -0.490 e. The van der Waals surface area contributed by atoms with Crippen molar-refractivity contribution in [2.24, 2.45) is 5.92 Å². The summed E-state index contributed by atoms with van der Waals surface area (Å²) in [6.45, 7) is 10.6.